The molecule has 23 fully saturated rings. The van der Waals surface area contributed by atoms with E-state index < -0.39 is 137 Å². The first-order valence-electron chi connectivity index (χ1n) is 58.2. The standard InChI is InChI=1S/C44H68O8S.C39H60O9.C38H58O10/c1-10-42(7,38(47)51-40(2,3)4)24-43(8,39(48)52-44(9)27-17-25-16-26(19-27)20-28(44)18-25)23-41(5,6)37(46)50-34-31-21-30(32-22-49-36(45)33(31)32)35(34)53-29-14-12-11-13-15-29;1-10-37(7,33(43)47-35(2,3)4)20-38(8,34(44)48-39(9)23-14-21-13-22(16-23)17-24(39)15-21)19-36(5,6)32(42)46-30-26-12-11-25(29(30)40)27-18-45-31(41)28(26)27;1-11-36(7,32(41)47-34(2,3)4)19-37(8,33(42)48-38(9)22-13-20-12-21(15-22)16-23(38)14-20)18-35(5,6)31(40)46-29-27-25-24(17-44-30(25)39)26(45-27)28(29)43-10/h25-35H,10-24H2,1-9H3;21-30,40H,10-20H2,1-9H3;20-29H,11-19H2,1-10H3. The lowest BCUT2D eigenvalue weighted by Gasteiger charge is -2.59. The van der Waals surface area contributed by atoms with Gasteiger partial charge in [0.15, 0.2) is 6.10 Å². The molecule has 838 valence electrons. The third-order valence-corrected chi connectivity index (χ3v) is 44.2. The predicted molar refractivity (Wildman–Crippen MR) is 556 cm³/mol. The van der Waals surface area contributed by atoms with Crippen LogP contribution in [0.2, 0.25) is 0 Å². The fraction of sp³-hybridized carbons (Fsp3) is 0.901. The van der Waals surface area contributed by atoms with Gasteiger partial charge in [-0.1, -0.05) is 40.0 Å². The van der Waals surface area contributed by atoms with Gasteiger partial charge in [0.25, 0.3) is 0 Å². The van der Waals surface area contributed by atoms with Crippen LogP contribution in [0.15, 0.2) is 0 Å². The van der Waals surface area contributed by atoms with Crippen molar-refractivity contribution in [1.29, 1.82) is 0 Å². The van der Waals surface area contributed by atoms with E-state index in [1.54, 1.807) is 34.8 Å². The Balaban J connectivity index is 0.000000153. The minimum atomic E-state index is -1.23. The maximum atomic E-state index is 15.0. The van der Waals surface area contributed by atoms with Crippen LogP contribution in [-0.4, -0.2) is 191 Å². The molecule has 149 heavy (non-hydrogen) atoms. The Kier molecular flexibility index (Phi) is 31.2. The fourth-order valence-corrected chi connectivity index (χ4v) is 36.9. The summed E-state index contributed by atoms with van der Waals surface area (Å²) in [7, 11) is 1.55. The monoisotopic (exact) mass is 2100 g/mol. The van der Waals surface area contributed by atoms with E-state index in [1.807, 2.05) is 150 Å². The van der Waals surface area contributed by atoms with Crippen molar-refractivity contribution in [2.75, 3.05) is 26.9 Å². The van der Waals surface area contributed by atoms with Gasteiger partial charge in [0.1, 0.15) is 58.0 Å². The number of hydrogen-bond acceptors (Lipinski definition) is 28. The Morgan fingerprint density at radius 1 is 0.322 bits per heavy atom. The predicted octanol–water partition coefficient (Wildman–Crippen LogP) is 21.3. The Bertz CT molecular complexity index is 4810. The van der Waals surface area contributed by atoms with E-state index >= 15 is 0 Å². The third kappa shape index (κ3) is 21.8. The molecule has 5 aliphatic heterocycles. The number of rotatable bonds is 33. The Hall–Kier alpha value is -6.13. The number of aliphatic hydroxyl groups excluding tert-OH is 1. The van der Waals surface area contributed by atoms with E-state index in [2.05, 4.69) is 20.8 Å². The number of aliphatic hydroxyl groups is 1. The lowest BCUT2D eigenvalue weighted by atomic mass is 9.50. The highest BCUT2D eigenvalue weighted by molar-refractivity contribution is 8.00. The second-order valence-corrected chi connectivity index (χ2v) is 60.4. The van der Waals surface area contributed by atoms with Gasteiger partial charge in [0.05, 0.1) is 98.5 Å². The molecule has 0 aromatic rings. The number of fused-ring (bicyclic) bond motifs is 12. The quantitative estimate of drug-likeness (QED) is 0.0471. The van der Waals surface area contributed by atoms with Crippen molar-refractivity contribution in [2.24, 2.45) is 179 Å². The summed E-state index contributed by atoms with van der Waals surface area (Å²) in [5.74, 6) is 0.717. The molecule has 27 nitrogen and oxygen atoms in total. The van der Waals surface area contributed by atoms with Gasteiger partial charge in [0, 0.05) is 47.2 Å². The largest absolute Gasteiger partial charge is 0.465 e. The van der Waals surface area contributed by atoms with Crippen molar-refractivity contribution in [3.8, 4) is 0 Å². The van der Waals surface area contributed by atoms with Gasteiger partial charge in [-0.2, -0.15) is 11.8 Å². The van der Waals surface area contributed by atoms with Gasteiger partial charge in [-0.05, 0) is 435 Å². The van der Waals surface area contributed by atoms with Gasteiger partial charge < -0.3 is 71.4 Å². The normalized spacial score (nSPS) is 40.4. The fourth-order valence-electron chi connectivity index (χ4n) is 34.9. The Morgan fingerprint density at radius 3 is 0.966 bits per heavy atom. The molecule has 23 aliphatic rings. The molecule has 24 unspecified atom stereocenters. The lowest BCUT2D eigenvalue weighted by molar-refractivity contribution is -0.217. The second-order valence-electron chi connectivity index (χ2n) is 58.9. The number of hydrogen-bond donors (Lipinski definition) is 1. The average molecular weight is 2100 g/mol. The van der Waals surface area contributed by atoms with Crippen molar-refractivity contribution in [2.45, 2.75) is 479 Å². The smallest absolute Gasteiger partial charge is 0.312 e. The lowest BCUT2D eigenvalue weighted by Crippen LogP contribution is -2.60. The Morgan fingerprint density at radius 2 is 0.631 bits per heavy atom. The molecule has 0 spiro atoms. The summed E-state index contributed by atoms with van der Waals surface area (Å²) in [6.07, 6.45) is 23.2. The number of ether oxygens (including phenoxy) is 14. The van der Waals surface area contributed by atoms with E-state index in [4.69, 9.17) is 66.3 Å². The van der Waals surface area contributed by atoms with E-state index in [9.17, 15) is 62.6 Å². The van der Waals surface area contributed by atoms with Crippen molar-refractivity contribution in [3.05, 3.63) is 0 Å². The molecular formula is C121H186O27S. The summed E-state index contributed by atoms with van der Waals surface area (Å²) in [6.45, 7) is 51.8. The molecule has 1 N–H and O–H groups in total. The summed E-state index contributed by atoms with van der Waals surface area (Å²) in [4.78, 5) is 167. The molecule has 0 amide bonds. The first kappa shape index (κ1) is 114. The van der Waals surface area contributed by atoms with Crippen molar-refractivity contribution >= 4 is 83.4 Å². The average Bonchev–Trinajstić information content (AvgIpc) is 1.53. The van der Waals surface area contributed by atoms with Crippen LogP contribution in [0.5, 0.6) is 0 Å². The highest BCUT2D eigenvalue weighted by Crippen LogP contribution is 2.68. The van der Waals surface area contributed by atoms with Gasteiger partial charge in [-0.15, -0.1) is 0 Å². The van der Waals surface area contributed by atoms with Crippen molar-refractivity contribution < 1.29 is 129 Å². The summed E-state index contributed by atoms with van der Waals surface area (Å²) < 4.78 is 85.1. The van der Waals surface area contributed by atoms with Crippen LogP contribution in [0.4, 0.5) is 0 Å². The maximum Gasteiger partial charge on any atom is 0.312 e. The van der Waals surface area contributed by atoms with E-state index in [0.717, 1.165) is 102 Å². The molecule has 5 heterocycles. The summed E-state index contributed by atoms with van der Waals surface area (Å²) in [5, 5.41) is 12.0. The molecule has 0 aromatic heterocycles. The van der Waals surface area contributed by atoms with Crippen LogP contribution >= 0.6 is 11.8 Å². The van der Waals surface area contributed by atoms with E-state index in [0.29, 0.717) is 109 Å². The maximum absolute atomic E-state index is 15.0. The van der Waals surface area contributed by atoms with Crippen LogP contribution in [0.3, 0.4) is 0 Å². The second kappa shape index (κ2) is 40.7. The summed E-state index contributed by atoms with van der Waals surface area (Å²) >= 11 is 2.00. The minimum Gasteiger partial charge on any atom is -0.465 e. The van der Waals surface area contributed by atoms with Gasteiger partial charge in [-0.3, -0.25) is 57.5 Å². The van der Waals surface area contributed by atoms with Crippen molar-refractivity contribution in [3.63, 3.8) is 0 Å². The molecule has 18 bridgehead atoms. The van der Waals surface area contributed by atoms with E-state index in [1.165, 1.54) is 51.4 Å². The first-order chi connectivity index (χ1) is 69.2. The van der Waals surface area contributed by atoms with Gasteiger partial charge in [-0.25, -0.2) is 0 Å². The summed E-state index contributed by atoms with van der Waals surface area (Å²) in [6, 6.07) is 0. The molecule has 0 aromatic carbocycles. The van der Waals surface area contributed by atoms with Gasteiger partial charge in [0.2, 0.25) is 0 Å². The Labute approximate surface area is 892 Å². The topological polar surface area (TPSA) is 354 Å². The molecule has 18 aliphatic carbocycles. The molecule has 28 heteroatoms. The van der Waals surface area contributed by atoms with Crippen LogP contribution in [0.25, 0.3) is 0 Å². The molecular weight excluding hydrogens is 1920 g/mol. The number of cyclic esters (lactones) is 3. The number of thioether (sulfide) groups is 1. The number of methoxy groups -OCH3 is 1. The third-order valence-electron chi connectivity index (χ3n) is 42.4. The first-order valence-corrected chi connectivity index (χ1v) is 59.2. The highest BCUT2D eigenvalue weighted by Gasteiger charge is 2.72. The van der Waals surface area contributed by atoms with Crippen LogP contribution in [0.1, 0.15) is 392 Å². The summed E-state index contributed by atoms with van der Waals surface area (Å²) in [5.41, 5.74) is -13.8. The minimum absolute atomic E-state index is 0.0374. The molecule has 0 radical (unpaired) electrons. The van der Waals surface area contributed by atoms with Gasteiger partial charge >= 0.3 is 71.6 Å². The zero-order chi connectivity index (χ0) is 109. The zero-order valence-corrected chi connectivity index (χ0v) is 96.4. The highest BCUT2D eigenvalue weighted by atomic mass is 32.2. The molecule has 18 saturated carbocycles. The van der Waals surface area contributed by atoms with Crippen LogP contribution in [0, 0.1) is 179 Å². The van der Waals surface area contributed by atoms with Crippen LogP contribution in [-0.2, 0) is 124 Å². The molecule has 24 atom stereocenters. The number of esters is 12. The molecule has 5 saturated heterocycles. The zero-order valence-electron chi connectivity index (χ0n) is 95.6. The SMILES string of the molecule is CCC(C)(CC(C)(CC(C)(C)C(=O)OC1C(O)C2CCC1C1C(=O)OCC21)C(=O)OC1(C)C2CC3CC(C2)CC1C3)C(=O)OC(C)(C)C.CCC(C)(CC(C)(CC(C)(C)C(=O)OC1C(OC)C2OC1C1C(=O)OCC21)C(=O)OC1(C)C2CC3CC(C2)CC1C3)C(=O)OC(C)(C)C.CCC(C)(CC(C)(CC(C)(C)C(=O)OC1C2CC(C3COC(=O)C32)C1SC1CCCCC1)C(=O)OC1(C)C2CC3CC(C2)CC1C3)C(=O)OC(C)(C)C. The van der Waals surface area contributed by atoms with Crippen LogP contribution < -0.4 is 0 Å². The number of carbonyl (C=O) groups excluding carboxylic acids is 12. The van der Waals surface area contributed by atoms with Crippen molar-refractivity contribution in [1.82, 2.24) is 0 Å². The number of carbonyl (C=O) groups is 12. The molecule has 23 rings (SSSR count). The van der Waals surface area contributed by atoms with E-state index in [-0.39, 0.29) is 164 Å².